The lowest BCUT2D eigenvalue weighted by Crippen LogP contribution is -2.42. The number of imide groups is 1. The number of hydrogen-bond acceptors (Lipinski definition) is 6. The van der Waals surface area contributed by atoms with E-state index in [2.05, 4.69) is 4.74 Å². The molecule has 1 fully saturated rings. The number of halogens is 1. The molecule has 0 N–H and O–H groups in total. The molecule has 0 spiro atoms. The van der Waals surface area contributed by atoms with Crippen LogP contribution >= 0.6 is 23.4 Å². The Kier molecular flexibility index (Phi) is 5.90. The minimum Gasteiger partial charge on any atom is -0.493 e. The average Bonchev–Trinajstić information content (AvgIpc) is 2.82. The summed E-state index contributed by atoms with van der Waals surface area (Å²) in [4.78, 5) is 37.2. The van der Waals surface area contributed by atoms with E-state index in [1.807, 2.05) is 6.92 Å². The van der Waals surface area contributed by atoms with Crippen LogP contribution in [0.2, 0.25) is 5.02 Å². The largest absolute Gasteiger partial charge is 0.493 e. The number of esters is 1. The van der Waals surface area contributed by atoms with Crippen LogP contribution in [0, 0.1) is 0 Å². The lowest BCUT2D eigenvalue weighted by molar-refractivity contribution is -0.148. The lowest BCUT2D eigenvalue weighted by Gasteiger charge is -2.18. The SMILES string of the molecule is CCOc1ccc(Cl)cc1/C=C1/SC(=O)N(C(C)C(=O)OC)C1=O. The zero-order valence-electron chi connectivity index (χ0n) is 13.4. The fourth-order valence-corrected chi connectivity index (χ4v) is 3.23. The van der Waals surface area contributed by atoms with Gasteiger partial charge in [0.1, 0.15) is 11.8 Å². The fraction of sp³-hybridized carbons (Fsp3) is 0.312. The monoisotopic (exact) mass is 369 g/mol. The Morgan fingerprint density at radius 3 is 2.75 bits per heavy atom. The van der Waals surface area contributed by atoms with Crippen LogP contribution in [0.4, 0.5) is 4.79 Å². The van der Waals surface area contributed by atoms with Crippen molar-refractivity contribution in [2.45, 2.75) is 19.9 Å². The van der Waals surface area contributed by atoms with Crippen molar-refractivity contribution in [2.75, 3.05) is 13.7 Å². The van der Waals surface area contributed by atoms with Gasteiger partial charge in [0.2, 0.25) is 0 Å². The molecule has 1 aliphatic heterocycles. The van der Waals surface area contributed by atoms with Crippen LogP contribution in [0.25, 0.3) is 6.08 Å². The minimum absolute atomic E-state index is 0.193. The predicted octanol–water partition coefficient (Wildman–Crippen LogP) is 3.34. The van der Waals surface area contributed by atoms with Crippen molar-refractivity contribution in [3.63, 3.8) is 0 Å². The van der Waals surface area contributed by atoms with Crippen molar-refractivity contribution in [3.8, 4) is 5.75 Å². The van der Waals surface area contributed by atoms with E-state index in [4.69, 9.17) is 16.3 Å². The zero-order chi connectivity index (χ0) is 17.9. The summed E-state index contributed by atoms with van der Waals surface area (Å²) in [7, 11) is 1.20. The van der Waals surface area contributed by atoms with Crippen molar-refractivity contribution < 1.29 is 23.9 Å². The van der Waals surface area contributed by atoms with Crippen LogP contribution in [0.5, 0.6) is 5.75 Å². The van der Waals surface area contributed by atoms with Crippen LogP contribution in [0.15, 0.2) is 23.1 Å². The second kappa shape index (κ2) is 7.72. The molecule has 0 saturated carbocycles. The van der Waals surface area contributed by atoms with Gasteiger partial charge in [-0.3, -0.25) is 14.5 Å². The molecule has 128 valence electrons. The third-order valence-electron chi connectivity index (χ3n) is 3.31. The molecule has 0 radical (unpaired) electrons. The quantitative estimate of drug-likeness (QED) is 0.585. The van der Waals surface area contributed by atoms with Gasteiger partial charge in [-0.15, -0.1) is 0 Å². The van der Waals surface area contributed by atoms with Crippen molar-refractivity contribution in [1.29, 1.82) is 0 Å². The third kappa shape index (κ3) is 3.73. The highest BCUT2D eigenvalue weighted by molar-refractivity contribution is 8.18. The second-order valence-corrected chi connectivity index (χ2v) is 6.30. The first kappa shape index (κ1) is 18.4. The van der Waals surface area contributed by atoms with Crippen LogP contribution < -0.4 is 4.74 Å². The molecule has 1 unspecified atom stereocenters. The van der Waals surface area contributed by atoms with Gasteiger partial charge in [-0.1, -0.05) is 11.6 Å². The number of carbonyl (C=O) groups is 3. The number of benzene rings is 1. The van der Waals surface area contributed by atoms with E-state index in [-0.39, 0.29) is 4.91 Å². The third-order valence-corrected chi connectivity index (χ3v) is 4.43. The Morgan fingerprint density at radius 2 is 2.12 bits per heavy atom. The van der Waals surface area contributed by atoms with Gasteiger partial charge in [-0.2, -0.15) is 0 Å². The van der Waals surface area contributed by atoms with E-state index < -0.39 is 23.2 Å². The Bertz CT molecular complexity index is 718. The van der Waals surface area contributed by atoms with Gasteiger partial charge < -0.3 is 9.47 Å². The summed E-state index contributed by atoms with van der Waals surface area (Å²) < 4.78 is 10.1. The molecule has 24 heavy (non-hydrogen) atoms. The summed E-state index contributed by atoms with van der Waals surface area (Å²) in [5, 5.41) is -0.0454. The van der Waals surface area contributed by atoms with E-state index in [1.165, 1.54) is 20.1 Å². The first-order valence-corrected chi connectivity index (χ1v) is 8.35. The number of ether oxygens (including phenoxy) is 2. The Hall–Kier alpha value is -1.99. The molecular weight excluding hydrogens is 354 g/mol. The number of rotatable bonds is 5. The van der Waals surface area contributed by atoms with Gasteiger partial charge in [0.15, 0.2) is 0 Å². The summed E-state index contributed by atoms with van der Waals surface area (Å²) in [6.45, 7) is 3.73. The maximum Gasteiger partial charge on any atom is 0.328 e. The molecule has 0 bridgehead atoms. The van der Waals surface area contributed by atoms with E-state index in [9.17, 15) is 14.4 Å². The maximum absolute atomic E-state index is 12.5. The van der Waals surface area contributed by atoms with Gasteiger partial charge in [0.25, 0.3) is 11.1 Å². The van der Waals surface area contributed by atoms with E-state index >= 15 is 0 Å². The number of methoxy groups -OCH3 is 1. The molecule has 1 aromatic carbocycles. The Balaban J connectivity index is 2.35. The van der Waals surface area contributed by atoms with Crippen LogP contribution in [-0.2, 0) is 14.3 Å². The molecule has 6 nitrogen and oxygen atoms in total. The van der Waals surface area contributed by atoms with Crippen molar-refractivity contribution in [1.82, 2.24) is 4.90 Å². The van der Waals surface area contributed by atoms with Gasteiger partial charge in [0.05, 0.1) is 18.6 Å². The number of carbonyl (C=O) groups excluding carboxylic acids is 3. The van der Waals surface area contributed by atoms with Crippen LogP contribution in [0.3, 0.4) is 0 Å². The number of thioether (sulfide) groups is 1. The fourth-order valence-electron chi connectivity index (χ4n) is 2.15. The Morgan fingerprint density at radius 1 is 1.42 bits per heavy atom. The van der Waals surface area contributed by atoms with E-state index in [0.717, 1.165) is 16.7 Å². The molecule has 8 heteroatoms. The van der Waals surface area contributed by atoms with Crippen LogP contribution in [0.1, 0.15) is 19.4 Å². The first-order valence-electron chi connectivity index (χ1n) is 7.16. The average molecular weight is 370 g/mol. The number of nitrogens with zero attached hydrogens (tertiary/aromatic N) is 1. The summed E-state index contributed by atoms with van der Waals surface area (Å²) in [6.07, 6.45) is 1.53. The topological polar surface area (TPSA) is 72.9 Å². The smallest absolute Gasteiger partial charge is 0.328 e. The van der Waals surface area contributed by atoms with Crippen molar-refractivity contribution in [3.05, 3.63) is 33.7 Å². The highest BCUT2D eigenvalue weighted by Crippen LogP contribution is 2.36. The van der Waals surface area contributed by atoms with Crippen molar-refractivity contribution in [2.24, 2.45) is 0 Å². The molecular formula is C16H16ClNO5S. The molecule has 1 aliphatic rings. The maximum atomic E-state index is 12.5. The summed E-state index contributed by atoms with van der Waals surface area (Å²) in [5.41, 5.74) is 0.584. The van der Waals surface area contributed by atoms with Gasteiger partial charge in [-0.05, 0) is 49.9 Å². The van der Waals surface area contributed by atoms with E-state index in [0.29, 0.717) is 22.9 Å². The molecule has 2 amide bonds. The lowest BCUT2D eigenvalue weighted by atomic mass is 10.1. The molecule has 1 atom stereocenters. The first-order chi connectivity index (χ1) is 11.4. The molecule has 1 saturated heterocycles. The second-order valence-electron chi connectivity index (χ2n) is 4.87. The molecule has 1 heterocycles. The highest BCUT2D eigenvalue weighted by atomic mass is 35.5. The van der Waals surface area contributed by atoms with Crippen LogP contribution in [-0.4, -0.2) is 41.8 Å². The zero-order valence-corrected chi connectivity index (χ0v) is 14.9. The standard InChI is InChI=1S/C16H16ClNO5S/c1-4-23-12-6-5-11(17)7-10(12)8-13-14(19)18(16(21)24-13)9(2)15(20)22-3/h5-9H,4H2,1-3H3/b13-8+. The molecule has 2 rings (SSSR count). The number of amides is 2. The van der Waals surface area contributed by atoms with Gasteiger partial charge in [-0.25, -0.2) is 4.79 Å². The normalized spacial score (nSPS) is 17.3. The summed E-state index contributed by atoms with van der Waals surface area (Å²) in [5.74, 6) is -0.656. The Labute approximate surface area is 148 Å². The number of hydrogen-bond donors (Lipinski definition) is 0. The summed E-state index contributed by atoms with van der Waals surface area (Å²) >= 11 is 6.75. The minimum atomic E-state index is -0.987. The van der Waals surface area contributed by atoms with Gasteiger partial charge >= 0.3 is 5.97 Å². The molecule has 0 aliphatic carbocycles. The predicted molar refractivity (Wildman–Crippen MR) is 91.9 cm³/mol. The molecule has 0 aromatic heterocycles. The van der Waals surface area contributed by atoms with Gasteiger partial charge in [0, 0.05) is 10.6 Å². The van der Waals surface area contributed by atoms with E-state index in [1.54, 1.807) is 18.2 Å². The highest BCUT2D eigenvalue weighted by Gasteiger charge is 2.41. The molecule has 1 aromatic rings. The summed E-state index contributed by atoms with van der Waals surface area (Å²) in [6, 6.07) is 4.03. The van der Waals surface area contributed by atoms with Crippen molar-refractivity contribution >= 4 is 46.6 Å².